The maximum atomic E-state index is 12.6. The number of esters is 1. The lowest BCUT2D eigenvalue weighted by atomic mass is 10.1. The van der Waals surface area contributed by atoms with Gasteiger partial charge in [0, 0.05) is 6.08 Å². The Balaban J connectivity index is 1.97. The van der Waals surface area contributed by atoms with E-state index in [1.54, 1.807) is 18.2 Å². The molecular formula is C17H11Cl2F3O2. The van der Waals surface area contributed by atoms with Crippen molar-refractivity contribution in [3.63, 3.8) is 0 Å². The van der Waals surface area contributed by atoms with Crippen LogP contribution < -0.4 is 0 Å². The highest BCUT2D eigenvalue weighted by Crippen LogP contribution is 2.29. The molecule has 0 radical (unpaired) electrons. The van der Waals surface area contributed by atoms with E-state index in [0.717, 1.165) is 18.2 Å². The fourth-order valence-electron chi connectivity index (χ4n) is 1.81. The molecule has 0 fully saturated rings. The molecule has 0 saturated heterocycles. The van der Waals surface area contributed by atoms with Gasteiger partial charge in [0.05, 0.1) is 15.6 Å². The summed E-state index contributed by atoms with van der Waals surface area (Å²) in [4.78, 5) is 11.6. The number of benzene rings is 2. The highest BCUT2D eigenvalue weighted by atomic mass is 35.5. The molecule has 0 aliphatic rings. The Morgan fingerprint density at radius 2 is 1.83 bits per heavy atom. The quantitative estimate of drug-likeness (QED) is 0.501. The summed E-state index contributed by atoms with van der Waals surface area (Å²) in [7, 11) is 0. The molecule has 2 nitrogen and oxygen atoms in total. The van der Waals surface area contributed by atoms with Crippen molar-refractivity contribution >= 4 is 35.2 Å². The highest BCUT2D eigenvalue weighted by molar-refractivity contribution is 6.42. The van der Waals surface area contributed by atoms with Crippen molar-refractivity contribution in [3.8, 4) is 0 Å². The minimum Gasteiger partial charge on any atom is -0.458 e. The van der Waals surface area contributed by atoms with Crippen LogP contribution in [0, 0.1) is 0 Å². The predicted molar refractivity (Wildman–Crippen MR) is 86.7 cm³/mol. The van der Waals surface area contributed by atoms with Gasteiger partial charge < -0.3 is 4.74 Å². The van der Waals surface area contributed by atoms with Crippen molar-refractivity contribution in [3.05, 3.63) is 75.3 Å². The maximum Gasteiger partial charge on any atom is 0.416 e. The van der Waals surface area contributed by atoms with E-state index in [1.165, 1.54) is 18.2 Å². The van der Waals surface area contributed by atoms with Crippen molar-refractivity contribution < 1.29 is 22.7 Å². The first-order valence-electron chi connectivity index (χ1n) is 6.72. The van der Waals surface area contributed by atoms with E-state index in [2.05, 4.69) is 0 Å². The number of ether oxygens (including phenoxy) is 1. The van der Waals surface area contributed by atoms with Crippen LogP contribution in [0.25, 0.3) is 6.08 Å². The maximum absolute atomic E-state index is 12.6. The summed E-state index contributed by atoms with van der Waals surface area (Å²) in [6.45, 7) is -0.0251. The molecule has 2 rings (SSSR count). The molecule has 2 aromatic carbocycles. The van der Waals surface area contributed by atoms with E-state index in [1.807, 2.05) is 0 Å². The van der Waals surface area contributed by atoms with E-state index in [4.69, 9.17) is 27.9 Å². The fourth-order valence-corrected chi connectivity index (χ4v) is 2.14. The van der Waals surface area contributed by atoms with Gasteiger partial charge in [-0.05, 0) is 41.5 Å². The molecule has 7 heteroatoms. The second-order valence-electron chi connectivity index (χ2n) is 4.81. The molecule has 0 heterocycles. The van der Waals surface area contributed by atoms with Gasteiger partial charge in [0.15, 0.2) is 0 Å². The van der Waals surface area contributed by atoms with Gasteiger partial charge in [-0.25, -0.2) is 4.79 Å². The zero-order valence-electron chi connectivity index (χ0n) is 12.1. The summed E-state index contributed by atoms with van der Waals surface area (Å²) >= 11 is 11.6. The second kappa shape index (κ2) is 7.73. The van der Waals surface area contributed by atoms with E-state index in [0.29, 0.717) is 15.6 Å². The third kappa shape index (κ3) is 5.28. The minimum atomic E-state index is -4.43. The van der Waals surface area contributed by atoms with Crippen molar-refractivity contribution in [2.24, 2.45) is 0 Å². The van der Waals surface area contributed by atoms with Crippen molar-refractivity contribution in [2.45, 2.75) is 12.8 Å². The molecule has 0 unspecified atom stereocenters. The van der Waals surface area contributed by atoms with Crippen molar-refractivity contribution in [1.82, 2.24) is 0 Å². The number of alkyl halides is 3. The third-order valence-corrected chi connectivity index (χ3v) is 3.73. The first kappa shape index (κ1) is 18.4. The van der Waals surface area contributed by atoms with Crippen LogP contribution in [0.2, 0.25) is 10.0 Å². The molecule has 0 aliphatic carbocycles. The summed E-state index contributed by atoms with van der Waals surface area (Å²) in [6.07, 6.45) is -2.11. The number of carbonyl (C=O) groups excluding carboxylic acids is 1. The van der Waals surface area contributed by atoms with E-state index in [9.17, 15) is 18.0 Å². The van der Waals surface area contributed by atoms with Crippen LogP contribution in [0.15, 0.2) is 48.5 Å². The van der Waals surface area contributed by atoms with Crippen LogP contribution in [0.5, 0.6) is 0 Å². The van der Waals surface area contributed by atoms with Gasteiger partial charge in [-0.2, -0.15) is 13.2 Å². The normalized spacial score (nSPS) is 11.7. The predicted octanol–water partition coefficient (Wildman–Crippen LogP) is 5.77. The molecule has 0 spiro atoms. The van der Waals surface area contributed by atoms with E-state index < -0.39 is 17.7 Å². The zero-order chi connectivity index (χ0) is 17.7. The monoisotopic (exact) mass is 374 g/mol. The molecule has 0 N–H and O–H groups in total. The summed E-state index contributed by atoms with van der Waals surface area (Å²) < 4.78 is 42.8. The number of carbonyl (C=O) groups is 1. The van der Waals surface area contributed by atoms with E-state index in [-0.39, 0.29) is 12.2 Å². The van der Waals surface area contributed by atoms with Gasteiger partial charge >= 0.3 is 12.1 Å². The highest BCUT2D eigenvalue weighted by Gasteiger charge is 2.30. The van der Waals surface area contributed by atoms with Gasteiger partial charge in [-0.1, -0.05) is 41.4 Å². The first-order valence-corrected chi connectivity index (χ1v) is 7.47. The molecule has 0 aliphatic heterocycles. The second-order valence-corrected chi connectivity index (χ2v) is 5.63. The number of hydrogen-bond donors (Lipinski definition) is 0. The van der Waals surface area contributed by atoms with Crippen LogP contribution in [-0.2, 0) is 22.3 Å². The van der Waals surface area contributed by atoms with Gasteiger partial charge in [-0.15, -0.1) is 0 Å². The molecule has 0 atom stereocenters. The Kier molecular flexibility index (Phi) is 5.91. The van der Waals surface area contributed by atoms with Crippen LogP contribution in [-0.4, -0.2) is 5.97 Å². The topological polar surface area (TPSA) is 26.3 Å². The van der Waals surface area contributed by atoms with Crippen molar-refractivity contribution in [1.29, 1.82) is 0 Å². The molecule has 0 amide bonds. The molecule has 24 heavy (non-hydrogen) atoms. The summed E-state index contributed by atoms with van der Waals surface area (Å²) in [5.74, 6) is -0.682. The molecule has 126 valence electrons. The summed E-state index contributed by atoms with van der Waals surface area (Å²) in [5, 5.41) is 0.723. The van der Waals surface area contributed by atoms with Gasteiger partial charge in [0.2, 0.25) is 0 Å². The lowest BCUT2D eigenvalue weighted by Crippen LogP contribution is -2.04. The Morgan fingerprint density at radius 3 is 2.50 bits per heavy atom. The average Bonchev–Trinajstić information content (AvgIpc) is 2.53. The van der Waals surface area contributed by atoms with Crippen LogP contribution in [0.3, 0.4) is 0 Å². The molecular weight excluding hydrogens is 364 g/mol. The number of rotatable bonds is 4. The van der Waals surface area contributed by atoms with Crippen LogP contribution in [0.4, 0.5) is 13.2 Å². The third-order valence-electron chi connectivity index (χ3n) is 2.99. The Bertz CT molecular complexity index is 771. The molecule has 0 saturated carbocycles. The SMILES string of the molecule is O=C(/C=C/c1cccc(C(F)(F)F)c1)OCc1ccc(Cl)c(Cl)c1. The largest absolute Gasteiger partial charge is 0.458 e. The molecule has 0 aromatic heterocycles. The summed E-state index contributed by atoms with van der Waals surface area (Å²) in [5.41, 5.74) is 0.107. The average molecular weight is 375 g/mol. The Labute approximate surface area is 146 Å². The lowest BCUT2D eigenvalue weighted by Gasteiger charge is -2.06. The zero-order valence-corrected chi connectivity index (χ0v) is 13.6. The Morgan fingerprint density at radius 1 is 1.08 bits per heavy atom. The Hall–Kier alpha value is -1.98. The standard InChI is InChI=1S/C17H11Cl2F3O2/c18-14-6-4-12(9-15(14)19)10-24-16(23)7-5-11-2-1-3-13(8-11)17(20,21)22/h1-9H,10H2/b7-5+. The smallest absolute Gasteiger partial charge is 0.416 e. The minimum absolute atomic E-state index is 0.0251. The first-order chi connectivity index (χ1) is 11.3. The number of hydrogen-bond acceptors (Lipinski definition) is 2. The fraction of sp³-hybridized carbons (Fsp3) is 0.118. The van der Waals surface area contributed by atoms with Gasteiger partial charge in [0.25, 0.3) is 0 Å². The summed E-state index contributed by atoms with van der Waals surface area (Å²) in [6, 6.07) is 9.42. The van der Waals surface area contributed by atoms with Gasteiger partial charge in [-0.3, -0.25) is 0 Å². The van der Waals surface area contributed by atoms with Crippen molar-refractivity contribution in [2.75, 3.05) is 0 Å². The number of halogens is 5. The van der Waals surface area contributed by atoms with Crippen LogP contribution in [0.1, 0.15) is 16.7 Å². The van der Waals surface area contributed by atoms with Crippen LogP contribution >= 0.6 is 23.2 Å². The lowest BCUT2D eigenvalue weighted by molar-refractivity contribution is -0.139. The van der Waals surface area contributed by atoms with Gasteiger partial charge in [0.1, 0.15) is 6.61 Å². The molecule has 2 aromatic rings. The molecule has 0 bridgehead atoms. The van der Waals surface area contributed by atoms with E-state index >= 15 is 0 Å².